The minimum absolute atomic E-state index is 0.119. The van der Waals surface area contributed by atoms with Crippen LogP contribution in [-0.4, -0.2) is 21.3 Å². The van der Waals surface area contributed by atoms with Crippen LogP contribution in [-0.2, 0) is 10.0 Å². The number of anilines is 3. The lowest BCUT2D eigenvalue weighted by molar-refractivity contribution is 0.416. The van der Waals surface area contributed by atoms with Gasteiger partial charge in [0.25, 0.3) is 0 Å². The third-order valence-electron chi connectivity index (χ3n) is 3.27. The van der Waals surface area contributed by atoms with Crippen LogP contribution in [0.5, 0.6) is 5.75 Å². The van der Waals surface area contributed by atoms with Gasteiger partial charge in [-0.25, -0.2) is 8.42 Å². The summed E-state index contributed by atoms with van der Waals surface area (Å²) in [5.74, 6) is 0.872. The number of aryl methyl sites for hydroxylation is 1. The molecule has 0 aliphatic rings. The van der Waals surface area contributed by atoms with Crippen molar-refractivity contribution in [2.45, 2.75) is 20.3 Å². The van der Waals surface area contributed by atoms with Gasteiger partial charge in [0.05, 0.1) is 18.6 Å². The van der Waals surface area contributed by atoms with Gasteiger partial charge in [-0.15, -0.1) is 0 Å². The molecule has 6 heteroatoms. The maximum Gasteiger partial charge on any atom is 0.232 e. The highest BCUT2D eigenvalue weighted by atomic mass is 32.2. The molecule has 0 amide bonds. The van der Waals surface area contributed by atoms with Crippen LogP contribution in [0.3, 0.4) is 0 Å². The maximum atomic E-state index is 11.8. The van der Waals surface area contributed by atoms with Crippen LogP contribution >= 0.6 is 0 Å². The zero-order valence-corrected chi connectivity index (χ0v) is 14.4. The van der Waals surface area contributed by atoms with Crippen LogP contribution in [0, 0.1) is 6.92 Å². The first-order chi connectivity index (χ1) is 10.9. The summed E-state index contributed by atoms with van der Waals surface area (Å²) in [5, 5.41) is 3.28. The number of hydrogen-bond donors (Lipinski definition) is 2. The van der Waals surface area contributed by atoms with Gasteiger partial charge in [0.15, 0.2) is 0 Å². The average molecular weight is 334 g/mol. The largest absolute Gasteiger partial charge is 0.495 e. The molecule has 2 N–H and O–H groups in total. The first kappa shape index (κ1) is 17.1. The molecule has 0 aliphatic heterocycles. The second-order valence-corrected chi connectivity index (χ2v) is 7.17. The molecule has 0 fully saturated rings. The molecule has 0 heterocycles. The summed E-state index contributed by atoms with van der Waals surface area (Å²) in [7, 11) is -1.64. The van der Waals surface area contributed by atoms with Crippen LogP contribution in [0.1, 0.15) is 18.9 Å². The minimum Gasteiger partial charge on any atom is -0.495 e. The van der Waals surface area contributed by atoms with Crippen molar-refractivity contribution in [2.24, 2.45) is 0 Å². The minimum atomic E-state index is -3.26. The fourth-order valence-electron chi connectivity index (χ4n) is 2.20. The normalized spacial score (nSPS) is 11.1. The van der Waals surface area contributed by atoms with E-state index in [0.29, 0.717) is 12.1 Å². The van der Waals surface area contributed by atoms with Gasteiger partial charge in [-0.2, -0.15) is 0 Å². The van der Waals surface area contributed by atoms with Gasteiger partial charge in [0.2, 0.25) is 10.0 Å². The van der Waals surface area contributed by atoms with Gasteiger partial charge in [0, 0.05) is 11.4 Å². The highest BCUT2D eigenvalue weighted by Crippen LogP contribution is 2.29. The van der Waals surface area contributed by atoms with E-state index >= 15 is 0 Å². The molecule has 2 aromatic carbocycles. The lowest BCUT2D eigenvalue weighted by Gasteiger charge is -2.13. The topological polar surface area (TPSA) is 67.4 Å². The van der Waals surface area contributed by atoms with E-state index in [1.807, 2.05) is 44.2 Å². The number of methoxy groups -OCH3 is 1. The van der Waals surface area contributed by atoms with Crippen molar-refractivity contribution in [3.63, 3.8) is 0 Å². The number of hydrogen-bond acceptors (Lipinski definition) is 4. The van der Waals surface area contributed by atoms with Gasteiger partial charge in [0.1, 0.15) is 5.75 Å². The van der Waals surface area contributed by atoms with E-state index < -0.39 is 10.0 Å². The van der Waals surface area contributed by atoms with E-state index in [9.17, 15) is 8.42 Å². The molecule has 0 aliphatic carbocycles. The third-order valence-corrected chi connectivity index (χ3v) is 4.76. The summed E-state index contributed by atoms with van der Waals surface area (Å²) < 4.78 is 31.4. The smallest absolute Gasteiger partial charge is 0.232 e. The summed E-state index contributed by atoms with van der Waals surface area (Å²) in [5.41, 5.74) is 3.40. The lowest BCUT2D eigenvalue weighted by Crippen LogP contribution is -2.15. The van der Waals surface area contributed by atoms with Crippen LogP contribution in [0.15, 0.2) is 42.5 Å². The Bertz CT molecular complexity index is 756. The van der Waals surface area contributed by atoms with Gasteiger partial charge < -0.3 is 10.1 Å². The number of rotatable bonds is 7. The maximum absolute atomic E-state index is 11.8. The Morgan fingerprint density at radius 2 is 1.70 bits per heavy atom. The van der Waals surface area contributed by atoms with Crippen LogP contribution in [0.25, 0.3) is 0 Å². The SMILES string of the molecule is CCCS(=O)(=O)Nc1ccc(Nc2cc(C)ccc2OC)cc1. The Morgan fingerprint density at radius 1 is 1.04 bits per heavy atom. The molecular formula is C17H22N2O3S. The van der Waals surface area contributed by atoms with Crippen molar-refractivity contribution >= 4 is 27.1 Å². The molecule has 0 saturated carbocycles. The van der Waals surface area contributed by atoms with Crippen molar-refractivity contribution in [3.05, 3.63) is 48.0 Å². The summed E-state index contributed by atoms with van der Waals surface area (Å²) in [6.45, 7) is 3.84. The van der Waals surface area contributed by atoms with E-state index in [0.717, 1.165) is 22.7 Å². The number of ether oxygens (including phenoxy) is 1. The van der Waals surface area contributed by atoms with Gasteiger partial charge in [-0.1, -0.05) is 13.0 Å². The monoisotopic (exact) mass is 334 g/mol. The Kier molecular flexibility index (Phi) is 5.50. The molecule has 2 rings (SSSR count). The second kappa shape index (κ2) is 7.37. The molecule has 0 saturated heterocycles. The van der Waals surface area contributed by atoms with E-state index in [2.05, 4.69) is 10.0 Å². The van der Waals surface area contributed by atoms with Crippen molar-refractivity contribution in [1.82, 2.24) is 0 Å². The summed E-state index contributed by atoms with van der Waals surface area (Å²) in [6, 6.07) is 13.0. The Balaban J connectivity index is 2.13. The second-order valence-electron chi connectivity index (χ2n) is 5.33. The molecule has 124 valence electrons. The summed E-state index contributed by atoms with van der Waals surface area (Å²) in [4.78, 5) is 0. The Labute approximate surface area is 137 Å². The lowest BCUT2D eigenvalue weighted by atomic mass is 10.2. The Hall–Kier alpha value is -2.21. The predicted molar refractivity (Wildman–Crippen MR) is 95.2 cm³/mol. The summed E-state index contributed by atoms with van der Waals surface area (Å²) >= 11 is 0. The first-order valence-corrected chi connectivity index (χ1v) is 9.11. The van der Waals surface area contributed by atoms with Crippen molar-refractivity contribution in [3.8, 4) is 5.75 Å². The van der Waals surface area contributed by atoms with Gasteiger partial charge in [-0.3, -0.25) is 4.72 Å². The highest BCUT2D eigenvalue weighted by Gasteiger charge is 2.09. The fraction of sp³-hybridized carbons (Fsp3) is 0.294. The average Bonchev–Trinajstić information content (AvgIpc) is 2.49. The number of benzene rings is 2. The van der Waals surface area contributed by atoms with Crippen molar-refractivity contribution in [1.29, 1.82) is 0 Å². The molecule has 0 bridgehead atoms. The summed E-state index contributed by atoms with van der Waals surface area (Å²) in [6.07, 6.45) is 0.585. The zero-order chi connectivity index (χ0) is 16.9. The predicted octanol–water partition coefficient (Wildman–Crippen LogP) is 3.90. The van der Waals surface area contributed by atoms with Crippen LogP contribution in [0.2, 0.25) is 0 Å². The quantitative estimate of drug-likeness (QED) is 0.806. The van der Waals surface area contributed by atoms with Crippen LogP contribution in [0.4, 0.5) is 17.1 Å². The molecule has 23 heavy (non-hydrogen) atoms. The number of nitrogens with one attached hydrogen (secondary N) is 2. The zero-order valence-electron chi connectivity index (χ0n) is 13.6. The van der Waals surface area contributed by atoms with E-state index in [1.165, 1.54) is 0 Å². The van der Waals surface area contributed by atoms with Crippen molar-refractivity contribution < 1.29 is 13.2 Å². The van der Waals surface area contributed by atoms with E-state index in [1.54, 1.807) is 19.2 Å². The molecular weight excluding hydrogens is 312 g/mol. The molecule has 0 spiro atoms. The molecule has 2 aromatic rings. The molecule has 0 radical (unpaired) electrons. The molecule has 0 atom stereocenters. The van der Waals surface area contributed by atoms with E-state index in [4.69, 9.17) is 4.74 Å². The van der Waals surface area contributed by atoms with Crippen LogP contribution < -0.4 is 14.8 Å². The standard InChI is InChI=1S/C17H22N2O3S/c1-4-11-23(20,21)19-15-8-6-14(7-9-15)18-16-12-13(2)5-10-17(16)22-3/h5-10,12,18-19H,4,11H2,1-3H3. The first-order valence-electron chi connectivity index (χ1n) is 7.46. The third kappa shape index (κ3) is 4.89. The molecule has 5 nitrogen and oxygen atoms in total. The van der Waals surface area contributed by atoms with Crippen molar-refractivity contribution in [2.75, 3.05) is 22.9 Å². The van der Waals surface area contributed by atoms with Gasteiger partial charge in [-0.05, 0) is 55.3 Å². The molecule has 0 unspecified atom stereocenters. The number of sulfonamides is 1. The molecule has 0 aromatic heterocycles. The highest BCUT2D eigenvalue weighted by molar-refractivity contribution is 7.92. The fourth-order valence-corrected chi connectivity index (χ4v) is 3.33. The Morgan fingerprint density at radius 3 is 2.30 bits per heavy atom. The van der Waals surface area contributed by atoms with E-state index in [-0.39, 0.29) is 5.75 Å². The van der Waals surface area contributed by atoms with Gasteiger partial charge >= 0.3 is 0 Å².